The Hall–Kier alpha value is -0.960. The van der Waals surface area contributed by atoms with Gasteiger partial charge in [0.1, 0.15) is 0 Å². The average Bonchev–Trinajstić information content (AvgIpc) is 1.95. The Morgan fingerprint density at radius 2 is 2.27 bits per heavy atom. The summed E-state index contributed by atoms with van der Waals surface area (Å²) in [7, 11) is 2.09. The third-order valence-corrected chi connectivity index (χ3v) is 1.85. The zero-order chi connectivity index (χ0) is 8.27. The quantitative estimate of drug-likeness (QED) is 0.583. The van der Waals surface area contributed by atoms with Crippen LogP contribution in [0.15, 0.2) is 24.7 Å². The smallest absolute Gasteiger partial charge is 0.0378 e. The first-order valence-corrected chi connectivity index (χ1v) is 3.75. The van der Waals surface area contributed by atoms with Crippen LogP contribution in [0.2, 0.25) is 0 Å². The van der Waals surface area contributed by atoms with Gasteiger partial charge in [-0.3, -0.25) is 4.90 Å². The predicted octanol–water partition coefficient (Wildman–Crippen LogP) is 0.177. The summed E-state index contributed by atoms with van der Waals surface area (Å²) in [5.74, 6) is 0. The van der Waals surface area contributed by atoms with Gasteiger partial charge < -0.3 is 10.6 Å². The zero-order valence-electron chi connectivity index (χ0n) is 6.95. The van der Waals surface area contributed by atoms with E-state index in [2.05, 4.69) is 23.4 Å². The molecule has 3 heteroatoms. The van der Waals surface area contributed by atoms with E-state index < -0.39 is 0 Å². The third kappa shape index (κ3) is 1.98. The van der Waals surface area contributed by atoms with Crippen molar-refractivity contribution in [2.75, 3.05) is 26.7 Å². The monoisotopic (exact) mass is 153 g/mol. The predicted molar refractivity (Wildman–Crippen MR) is 46.7 cm³/mol. The molecule has 1 saturated heterocycles. The molecule has 0 bridgehead atoms. The highest BCUT2D eigenvalue weighted by Gasteiger charge is 2.13. The topological polar surface area (TPSA) is 32.5 Å². The Balaban J connectivity index is 2.50. The van der Waals surface area contributed by atoms with Crippen molar-refractivity contribution in [2.45, 2.75) is 0 Å². The van der Waals surface area contributed by atoms with Crippen molar-refractivity contribution in [1.29, 1.82) is 0 Å². The van der Waals surface area contributed by atoms with E-state index in [1.165, 1.54) is 0 Å². The van der Waals surface area contributed by atoms with E-state index in [9.17, 15) is 0 Å². The minimum atomic E-state index is 0.935. The van der Waals surface area contributed by atoms with Crippen molar-refractivity contribution in [3.05, 3.63) is 24.7 Å². The molecule has 1 aliphatic rings. The lowest BCUT2D eigenvalue weighted by atomic mass is 10.3. The van der Waals surface area contributed by atoms with E-state index in [-0.39, 0.29) is 0 Å². The molecule has 0 radical (unpaired) electrons. The number of nitrogens with zero attached hydrogens (tertiary/aromatic N) is 2. The second kappa shape index (κ2) is 3.44. The van der Waals surface area contributed by atoms with Crippen LogP contribution in [-0.2, 0) is 0 Å². The van der Waals surface area contributed by atoms with E-state index in [1.54, 1.807) is 6.20 Å². The summed E-state index contributed by atoms with van der Waals surface area (Å²) in [5, 5.41) is 0. The average molecular weight is 153 g/mol. The van der Waals surface area contributed by atoms with Crippen molar-refractivity contribution in [2.24, 2.45) is 5.73 Å². The van der Waals surface area contributed by atoms with E-state index in [0.717, 1.165) is 25.3 Å². The van der Waals surface area contributed by atoms with Gasteiger partial charge in [0, 0.05) is 37.7 Å². The van der Waals surface area contributed by atoms with Crippen molar-refractivity contribution in [1.82, 2.24) is 9.80 Å². The SMILES string of the molecule is C=C1CN(C)CCN1/C=C\N. The van der Waals surface area contributed by atoms with E-state index in [0.29, 0.717) is 0 Å². The van der Waals surface area contributed by atoms with Crippen molar-refractivity contribution < 1.29 is 0 Å². The summed E-state index contributed by atoms with van der Waals surface area (Å²) in [6.45, 7) is 6.94. The van der Waals surface area contributed by atoms with Crippen LogP contribution < -0.4 is 5.73 Å². The number of hydrogen-bond acceptors (Lipinski definition) is 3. The van der Waals surface area contributed by atoms with Gasteiger partial charge in [0.2, 0.25) is 0 Å². The molecule has 2 N–H and O–H groups in total. The molecule has 0 unspecified atom stereocenters. The molecule has 1 fully saturated rings. The molecule has 0 atom stereocenters. The molecule has 0 aromatic heterocycles. The summed E-state index contributed by atoms with van der Waals surface area (Å²) >= 11 is 0. The molecule has 0 aromatic rings. The van der Waals surface area contributed by atoms with Crippen LogP contribution in [0.4, 0.5) is 0 Å². The Labute approximate surface area is 67.8 Å². The molecule has 1 rings (SSSR count). The fraction of sp³-hybridized carbons (Fsp3) is 0.500. The van der Waals surface area contributed by atoms with Gasteiger partial charge in [0.15, 0.2) is 0 Å². The largest absolute Gasteiger partial charge is 0.403 e. The first-order valence-electron chi connectivity index (χ1n) is 3.75. The maximum atomic E-state index is 5.28. The van der Waals surface area contributed by atoms with E-state index in [1.807, 2.05) is 6.20 Å². The second-order valence-electron chi connectivity index (χ2n) is 2.84. The lowest BCUT2D eigenvalue weighted by Gasteiger charge is -2.33. The van der Waals surface area contributed by atoms with Gasteiger partial charge in [-0.1, -0.05) is 6.58 Å². The Morgan fingerprint density at radius 3 is 2.82 bits per heavy atom. The second-order valence-corrected chi connectivity index (χ2v) is 2.84. The highest BCUT2D eigenvalue weighted by molar-refractivity contribution is 5.04. The molecule has 0 aliphatic carbocycles. The molecule has 0 amide bonds. The first-order chi connectivity index (χ1) is 5.24. The highest BCUT2D eigenvalue weighted by Crippen LogP contribution is 2.09. The zero-order valence-corrected chi connectivity index (χ0v) is 6.95. The molecule has 62 valence electrons. The lowest BCUT2D eigenvalue weighted by Crippen LogP contribution is -2.39. The number of hydrogen-bond donors (Lipinski definition) is 1. The van der Waals surface area contributed by atoms with Crippen LogP contribution in [0.25, 0.3) is 0 Å². The normalized spacial score (nSPS) is 21.5. The maximum Gasteiger partial charge on any atom is 0.0378 e. The van der Waals surface area contributed by atoms with Crippen LogP contribution in [-0.4, -0.2) is 36.5 Å². The molecule has 0 saturated carbocycles. The summed E-state index contributed by atoms with van der Waals surface area (Å²) in [4.78, 5) is 4.32. The standard InChI is InChI=1S/C8H15N3/c1-8-7-10(2)5-6-11(8)4-3-9/h3-4H,1,5-7,9H2,2H3/b4-3-. The van der Waals surface area contributed by atoms with E-state index >= 15 is 0 Å². The Bertz CT molecular complexity index is 174. The minimum absolute atomic E-state index is 0.935. The van der Waals surface area contributed by atoms with Crippen LogP contribution in [0.5, 0.6) is 0 Å². The Morgan fingerprint density at radius 1 is 1.55 bits per heavy atom. The molecule has 3 nitrogen and oxygen atoms in total. The van der Waals surface area contributed by atoms with Gasteiger partial charge in [0.25, 0.3) is 0 Å². The molecule has 0 aromatic carbocycles. The maximum absolute atomic E-state index is 5.28. The minimum Gasteiger partial charge on any atom is -0.403 e. The van der Waals surface area contributed by atoms with Crippen molar-refractivity contribution in [3.8, 4) is 0 Å². The van der Waals surface area contributed by atoms with Crippen LogP contribution >= 0.6 is 0 Å². The van der Waals surface area contributed by atoms with Crippen molar-refractivity contribution in [3.63, 3.8) is 0 Å². The van der Waals surface area contributed by atoms with E-state index in [4.69, 9.17) is 5.73 Å². The third-order valence-electron chi connectivity index (χ3n) is 1.85. The lowest BCUT2D eigenvalue weighted by molar-refractivity contribution is 0.246. The molecule has 11 heavy (non-hydrogen) atoms. The van der Waals surface area contributed by atoms with Gasteiger partial charge >= 0.3 is 0 Å². The fourth-order valence-electron chi connectivity index (χ4n) is 1.20. The van der Waals surface area contributed by atoms with Gasteiger partial charge in [-0.05, 0) is 7.05 Å². The molecule has 0 spiro atoms. The number of rotatable bonds is 1. The fourth-order valence-corrected chi connectivity index (χ4v) is 1.20. The van der Waals surface area contributed by atoms with Crippen molar-refractivity contribution >= 4 is 0 Å². The Kier molecular flexibility index (Phi) is 2.54. The van der Waals surface area contributed by atoms with Gasteiger partial charge in [-0.2, -0.15) is 0 Å². The number of piperazine rings is 1. The highest BCUT2D eigenvalue weighted by atomic mass is 15.2. The van der Waals surface area contributed by atoms with Gasteiger partial charge in [0.05, 0.1) is 0 Å². The number of nitrogens with two attached hydrogens (primary N) is 1. The number of likely N-dealkylation sites (N-methyl/N-ethyl adjacent to an activating group) is 1. The van der Waals surface area contributed by atoms with Crippen LogP contribution in [0.1, 0.15) is 0 Å². The summed E-state index contributed by atoms with van der Waals surface area (Å²) in [6.07, 6.45) is 3.42. The molecule has 1 heterocycles. The van der Waals surface area contributed by atoms with Gasteiger partial charge in [-0.15, -0.1) is 0 Å². The first kappa shape index (κ1) is 8.14. The summed E-state index contributed by atoms with van der Waals surface area (Å²) < 4.78 is 0. The molecular formula is C8H15N3. The summed E-state index contributed by atoms with van der Waals surface area (Å²) in [6, 6.07) is 0. The van der Waals surface area contributed by atoms with Crippen LogP contribution in [0, 0.1) is 0 Å². The van der Waals surface area contributed by atoms with Crippen LogP contribution in [0.3, 0.4) is 0 Å². The molecule has 1 aliphatic heterocycles. The summed E-state index contributed by atoms with van der Waals surface area (Å²) in [5.41, 5.74) is 6.39. The van der Waals surface area contributed by atoms with Gasteiger partial charge in [-0.25, -0.2) is 0 Å². The molecular weight excluding hydrogens is 138 g/mol.